The van der Waals surface area contributed by atoms with Crippen molar-refractivity contribution >= 4 is 27.0 Å². The van der Waals surface area contributed by atoms with E-state index < -0.39 is 9.84 Å². The van der Waals surface area contributed by atoms with E-state index in [1.807, 2.05) is 24.3 Å². The van der Waals surface area contributed by atoms with Crippen LogP contribution in [0, 0.1) is 0 Å². The smallest absolute Gasteiger partial charge is 0.298 e. The van der Waals surface area contributed by atoms with E-state index in [1.165, 1.54) is 5.41 Å². The van der Waals surface area contributed by atoms with Crippen LogP contribution in [0.3, 0.4) is 0 Å². The minimum atomic E-state index is -2.99. The first-order chi connectivity index (χ1) is 11.1. The van der Waals surface area contributed by atoms with Gasteiger partial charge < -0.3 is 14.6 Å². The van der Waals surface area contributed by atoms with Crippen LogP contribution >= 0.6 is 0 Å². The van der Waals surface area contributed by atoms with Gasteiger partial charge in [-0.05, 0) is 25.0 Å². The fraction of sp³-hybridized carbons (Fsp3) is 0.438. The Morgan fingerprint density at radius 3 is 2.70 bits per heavy atom. The average Bonchev–Trinajstić information content (AvgIpc) is 3.11. The Morgan fingerprint density at radius 1 is 1.22 bits per heavy atom. The van der Waals surface area contributed by atoms with Crippen LogP contribution in [-0.2, 0) is 9.84 Å². The van der Waals surface area contributed by atoms with E-state index in [0.29, 0.717) is 12.1 Å². The summed E-state index contributed by atoms with van der Waals surface area (Å²) < 4.78 is 28.7. The molecule has 0 spiro atoms. The maximum Gasteiger partial charge on any atom is 0.298 e. The molecule has 0 saturated carbocycles. The third-order valence-corrected chi connectivity index (χ3v) is 5.82. The van der Waals surface area contributed by atoms with E-state index in [9.17, 15) is 8.42 Å². The van der Waals surface area contributed by atoms with Gasteiger partial charge in [-0.25, -0.2) is 8.42 Å². The summed E-state index contributed by atoms with van der Waals surface area (Å²) in [6, 6.07) is 8.72. The molecule has 2 aliphatic heterocycles. The zero-order valence-electron chi connectivity index (χ0n) is 12.7. The van der Waals surface area contributed by atoms with Gasteiger partial charge in [-0.15, -0.1) is 0 Å². The number of para-hydroxylation sites is 2. The molecule has 23 heavy (non-hydrogen) atoms. The molecule has 3 heterocycles. The topological polar surface area (TPSA) is 75.4 Å². The predicted molar refractivity (Wildman–Crippen MR) is 89.1 cm³/mol. The van der Waals surface area contributed by atoms with Gasteiger partial charge in [0.2, 0.25) is 0 Å². The number of rotatable bonds is 3. The van der Waals surface area contributed by atoms with Crippen molar-refractivity contribution in [2.24, 2.45) is 0 Å². The lowest BCUT2D eigenvalue weighted by molar-refractivity contribution is 0.389. The molecule has 6 nitrogen and oxygen atoms in total. The summed E-state index contributed by atoms with van der Waals surface area (Å²) in [5.74, 6) is 0.179. The normalized spacial score (nSPS) is 24.5. The minimum absolute atomic E-state index is 0.0547. The number of nitrogens with zero attached hydrogens (tertiary/aromatic N) is 2. The summed E-state index contributed by atoms with van der Waals surface area (Å²) in [5, 5.41) is 4.75. The molecule has 1 aromatic carbocycles. The van der Waals surface area contributed by atoms with Gasteiger partial charge in [0.25, 0.3) is 6.01 Å². The lowest BCUT2D eigenvalue weighted by atomic mass is 10.0. The Bertz CT molecular complexity index is 802. The second-order valence-electron chi connectivity index (χ2n) is 6.16. The standard InChI is InChI=1S/C16H19N3O3S/c20-23(21)10-7-13(11-23)17-12-5-8-19(9-6-12)16-18-14-3-1-2-4-15(14)22-16/h1-4,7,10,12-13,17H,5-6,8-9,11H2/t13-/m0/s1. The van der Waals surface area contributed by atoms with Crippen LogP contribution in [0.2, 0.25) is 0 Å². The molecule has 4 rings (SSSR count). The lowest BCUT2D eigenvalue weighted by Crippen LogP contribution is -2.46. The summed E-state index contributed by atoms with van der Waals surface area (Å²) >= 11 is 0. The van der Waals surface area contributed by atoms with E-state index >= 15 is 0 Å². The Labute approximate surface area is 135 Å². The summed E-state index contributed by atoms with van der Waals surface area (Å²) in [5.41, 5.74) is 1.69. The fourth-order valence-corrected chi connectivity index (χ4v) is 4.46. The Hall–Kier alpha value is -1.86. The number of fused-ring (bicyclic) bond motifs is 1. The maximum atomic E-state index is 11.4. The fourth-order valence-electron chi connectivity index (χ4n) is 3.22. The maximum absolute atomic E-state index is 11.4. The first-order valence-corrected chi connectivity index (χ1v) is 9.58. The van der Waals surface area contributed by atoms with Crippen LogP contribution in [0.25, 0.3) is 11.1 Å². The van der Waals surface area contributed by atoms with Gasteiger partial charge in [-0.3, -0.25) is 0 Å². The van der Waals surface area contributed by atoms with Crippen molar-refractivity contribution in [1.29, 1.82) is 0 Å². The first-order valence-electron chi connectivity index (χ1n) is 7.87. The second kappa shape index (κ2) is 5.65. The predicted octanol–water partition coefficient (Wildman–Crippen LogP) is 1.70. The molecule has 0 amide bonds. The molecule has 0 aliphatic carbocycles. The number of benzene rings is 1. The van der Waals surface area contributed by atoms with E-state index in [0.717, 1.165) is 37.0 Å². The van der Waals surface area contributed by atoms with Crippen molar-refractivity contribution in [3.63, 3.8) is 0 Å². The van der Waals surface area contributed by atoms with Crippen molar-refractivity contribution in [2.45, 2.75) is 24.9 Å². The van der Waals surface area contributed by atoms with Gasteiger partial charge in [0.15, 0.2) is 15.4 Å². The molecule has 0 bridgehead atoms. The van der Waals surface area contributed by atoms with Gasteiger partial charge >= 0.3 is 0 Å². The van der Waals surface area contributed by atoms with Gasteiger partial charge in [-0.2, -0.15) is 4.98 Å². The highest BCUT2D eigenvalue weighted by atomic mass is 32.2. The SMILES string of the molecule is O=S1(=O)C=C[C@H](NC2CCN(c3nc4ccccc4o3)CC2)C1. The molecule has 1 fully saturated rings. The lowest BCUT2D eigenvalue weighted by Gasteiger charge is -2.32. The minimum Gasteiger partial charge on any atom is -0.423 e. The number of sulfone groups is 1. The molecule has 2 aliphatic rings. The van der Waals surface area contributed by atoms with Crippen LogP contribution in [-0.4, -0.2) is 44.3 Å². The molecular weight excluding hydrogens is 314 g/mol. The van der Waals surface area contributed by atoms with Crippen LogP contribution in [0.1, 0.15) is 12.8 Å². The van der Waals surface area contributed by atoms with Crippen LogP contribution in [0.4, 0.5) is 6.01 Å². The molecule has 0 unspecified atom stereocenters. The van der Waals surface area contributed by atoms with Crippen molar-refractivity contribution in [3.8, 4) is 0 Å². The highest BCUT2D eigenvalue weighted by Gasteiger charge is 2.27. The Balaban J connectivity index is 1.36. The molecule has 1 N–H and O–H groups in total. The van der Waals surface area contributed by atoms with Crippen LogP contribution in [0.15, 0.2) is 40.2 Å². The van der Waals surface area contributed by atoms with E-state index in [2.05, 4.69) is 15.2 Å². The summed E-state index contributed by atoms with van der Waals surface area (Å²) in [6.07, 6.45) is 3.65. The van der Waals surface area contributed by atoms with E-state index in [-0.39, 0.29) is 11.8 Å². The second-order valence-corrected chi connectivity index (χ2v) is 8.09. The third-order valence-electron chi connectivity index (χ3n) is 4.43. The third kappa shape index (κ3) is 3.11. The largest absolute Gasteiger partial charge is 0.423 e. The molecule has 1 aromatic heterocycles. The van der Waals surface area contributed by atoms with E-state index in [1.54, 1.807) is 6.08 Å². The molecule has 1 atom stereocenters. The van der Waals surface area contributed by atoms with Crippen molar-refractivity contribution in [1.82, 2.24) is 10.3 Å². The average molecular weight is 333 g/mol. The highest BCUT2D eigenvalue weighted by Crippen LogP contribution is 2.24. The summed E-state index contributed by atoms with van der Waals surface area (Å²) in [4.78, 5) is 6.68. The molecule has 1 saturated heterocycles. The van der Waals surface area contributed by atoms with Gasteiger partial charge in [0.1, 0.15) is 5.52 Å². The first kappa shape index (κ1) is 14.7. The highest BCUT2D eigenvalue weighted by molar-refractivity contribution is 7.94. The summed E-state index contributed by atoms with van der Waals surface area (Å²) in [7, 11) is -2.99. The number of oxazole rings is 1. The number of anilines is 1. The Kier molecular flexibility index (Phi) is 3.61. The van der Waals surface area contributed by atoms with Crippen LogP contribution < -0.4 is 10.2 Å². The molecular formula is C16H19N3O3S. The number of hydrogen-bond acceptors (Lipinski definition) is 6. The Morgan fingerprint density at radius 2 is 2.00 bits per heavy atom. The monoisotopic (exact) mass is 333 g/mol. The molecule has 2 aromatic rings. The van der Waals surface area contributed by atoms with Crippen molar-refractivity contribution < 1.29 is 12.8 Å². The number of hydrogen-bond donors (Lipinski definition) is 1. The molecule has 7 heteroatoms. The molecule has 122 valence electrons. The van der Waals surface area contributed by atoms with Gasteiger partial charge in [0.05, 0.1) is 5.75 Å². The van der Waals surface area contributed by atoms with Crippen LogP contribution in [0.5, 0.6) is 0 Å². The van der Waals surface area contributed by atoms with Gasteiger partial charge in [0, 0.05) is 30.6 Å². The van der Waals surface area contributed by atoms with E-state index in [4.69, 9.17) is 4.42 Å². The number of nitrogens with one attached hydrogen (secondary N) is 1. The zero-order chi connectivity index (χ0) is 15.9. The quantitative estimate of drug-likeness (QED) is 0.921. The van der Waals surface area contributed by atoms with Crippen molar-refractivity contribution in [2.75, 3.05) is 23.7 Å². The molecule has 0 radical (unpaired) electrons. The number of aromatic nitrogens is 1. The summed E-state index contributed by atoms with van der Waals surface area (Å²) in [6.45, 7) is 1.71. The number of piperidine rings is 1. The van der Waals surface area contributed by atoms with Crippen molar-refractivity contribution in [3.05, 3.63) is 35.7 Å². The zero-order valence-corrected chi connectivity index (χ0v) is 13.5. The van der Waals surface area contributed by atoms with Gasteiger partial charge in [-0.1, -0.05) is 18.2 Å².